The number of hydrogen-bond acceptors (Lipinski definition) is 4. The number of fused-ring (bicyclic) bond motifs is 2. The number of benzene rings is 3. The lowest BCUT2D eigenvalue weighted by atomic mass is 10.1. The van der Waals surface area contributed by atoms with Gasteiger partial charge in [0.15, 0.2) is 0 Å². The summed E-state index contributed by atoms with van der Waals surface area (Å²) in [6.07, 6.45) is 0.420. The number of para-hydroxylation sites is 1. The van der Waals surface area contributed by atoms with Gasteiger partial charge in [0.2, 0.25) is 0 Å². The van der Waals surface area contributed by atoms with Crippen molar-refractivity contribution in [2.45, 2.75) is 13.0 Å². The van der Waals surface area contributed by atoms with Crippen LogP contribution in [0.2, 0.25) is 5.02 Å². The Morgan fingerprint density at radius 1 is 1.00 bits per heavy atom. The average molecular weight is 446 g/mol. The number of amides is 1. The van der Waals surface area contributed by atoms with Gasteiger partial charge in [-0.3, -0.25) is 14.2 Å². The average Bonchev–Trinajstić information content (AvgIpc) is 3.14. The van der Waals surface area contributed by atoms with Gasteiger partial charge in [-0.2, -0.15) is 0 Å². The van der Waals surface area contributed by atoms with E-state index < -0.39 is 0 Å². The molecule has 0 saturated heterocycles. The third kappa shape index (κ3) is 3.42. The molecule has 0 N–H and O–H groups in total. The quantitative estimate of drug-likeness (QED) is 0.460. The lowest BCUT2D eigenvalue weighted by Crippen LogP contribution is -2.30. The van der Waals surface area contributed by atoms with Gasteiger partial charge in [0.05, 0.1) is 34.3 Å². The van der Waals surface area contributed by atoms with Crippen LogP contribution in [0.4, 0.5) is 0 Å². The molecule has 0 atom stereocenters. The van der Waals surface area contributed by atoms with Gasteiger partial charge in [0, 0.05) is 19.5 Å². The maximum Gasteiger partial charge on any atom is 0.265 e. The highest BCUT2D eigenvalue weighted by atomic mass is 35.5. The Morgan fingerprint density at radius 3 is 2.53 bits per heavy atom. The minimum atomic E-state index is -0.144. The van der Waals surface area contributed by atoms with E-state index in [1.54, 1.807) is 28.7 Å². The first kappa shape index (κ1) is 20.3. The third-order valence-corrected chi connectivity index (χ3v) is 6.06. The molecule has 1 amide bonds. The van der Waals surface area contributed by atoms with E-state index in [0.717, 1.165) is 5.56 Å². The molecule has 5 rings (SSSR count). The number of hydrogen-bond donors (Lipinski definition) is 0. The molecular weight excluding hydrogens is 426 g/mol. The molecule has 0 unspecified atom stereocenters. The first-order valence-electron chi connectivity index (χ1n) is 10.3. The number of halogens is 1. The molecule has 32 heavy (non-hydrogen) atoms. The third-order valence-electron chi connectivity index (χ3n) is 5.74. The summed E-state index contributed by atoms with van der Waals surface area (Å²) in [6, 6.07) is 20.1. The predicted molar refractivity (Wildman–Crippen MR) is 124 cm³/mol. The standard InChI is InChI=1S/C25H20ClN3O3/c1-32-18-11-9-17(10-12-18)29-22(27-21-8-3-2-6-19(21)24(29)30)13-14-28-15-16-5-4-7-20(26)23(16)25(28)31/h2-12H,13-15H2,1H3. The van der Waals surface area contributed by atoms with Crippen molar-refractivity contribution in [3.8, 4) is 11.4 Å². The largest absolute Gasteiger partial charge is 0.497 e. The molecule has 6 nitrogen and oxygen atoms in total. The van der Waals surface area contributed by atoms with Crippen LogP contribution in [-0.2, 0) is 13.0 Å². The lowest BCUT2D eigenvalue weighted by Gasteiger charge is -2.18. The highest BCUT2D eigenvalue weighted by Gasteiger charge is 2.29. The zero-order chi connectivity index (χ0) is 22.2. The van der Waals surface area contributed by atoms with Crippen LogP contribution in [0.3, 0.4) is 0 Å². The summed E-state index contributed by atoms with van der Waals surface area (Å²) in [5.41, 5.74) is 2.67. The van der Waals surface area contributed by atoms with Gasteiger partial charge < -0.3 is 9.64 Å². The van der Waals surface area contributed by atoms with Gasteiger partial charge in [-0.25, -0.2) is 4.98 Å². The zero-order valence-electron chi connectivity index (χ0n) is 17.4. The first-order chi connectivity index (χ1) is 15.6. The molecule has 1 aliphatic heterocycles. The minimum Gasteiger partial charge on any atom is -0.497 e. The Balaban J connectivity index is 1.53. The van der Waals surface area contributed by atoms with E-state index in [9.17, 15) is 9.59 Å². The van der Waals surface area contributed by atoms with Gasteiger partial charge in [-0.05, 0) is 48.0 Å². The number of carbonyl (C=O) groups excluding carboxylic acids is 1. The normalized spacial score (nSPS) is 12.9. The highest BCUT2D eigenvalue weighted by Crippen LogP contribution is 2.29. The molecule has 0 saturated carbocycles. The number of ether oxygens (including phenoxy) is 1. The topological polar surface area (TPSA) is 64.4 Å². The van der Waals surface area contributed by atoms with E-state index in [0.29, 0.717) is 58.3 Å². The van der Waals surface area contributed by atoms with E-state index >= 15 is 0 Å². The molecule has 0 bridgehead atoms. The van der Waals surface area contributed by atoms with Crippen LogP contribution in [0.5, 0.6) is 5.75 Å². The molecule has 7 heteroatoms. The maximum absolute atomic E-state index is 13.4. The fourth-order valence-electron chi connectivity index (χ4n) is 4.14. The minimum absolute atomic E-state index is 0.0928. The Bertz CT molecular complexity index is 1400. The Hall–Kier alpha value is -3.64. The number of methoxy groups -OCH3 is 1. The second-order valence-electron chi connectivity index (χ2n) is 7.63. The second-order valence-corrected chi connectivity index (χ2v) is 8.04. The van der Waals surface area contributed by atoms with Crippen molar-refractivity contribution in [3.05, 3.63) is 99.1 Å². The Labute approximate surface area is 189 Å². The van der Waals surface area contributed by atoms with Gasteiger partial charge in [0.1, 0.15) is 11.6 Å². The fourth-order valence-corrected chi connectivity index (χ4v) is 4.41. The molecular formula is C25H20ClN3O3. The zero-order valence-corrected chi connectivity index (χ0v) is 18.2. The van der Waals surface area contributed by atoms with Crippen molar-refractivity contribution in [2.24, 2.45) is 0 Å². The van der Waals surface area contributed by atoms with E-state index in [-0.39, 0.29) is 11.5 Å². The monoisotopic (exact) mass is 445 g/mol. The van der Waals surface area contributed by atoms with Gasteiger partial charge in [-0.1, -0.05) is 35.9 Å². The molecule has 160 valence electrons. The van der Waals surface area contributed by atoms with Crippen molar-refractivity contribution in [3.63, 3.8) is 0 Å². The number of rotatable bonds is 5. The smallest absolute Gasteiger partial charge is 0.265 e. The molecule has 4 aromatic rings. The Morgan fingerprint density at radius 2 is 1.78 bits per heavy atom. The molecule has 0 aliphatic carbocycles. The molecule has 0 radical (unpaired) electrons. The molecule has 1 aliphatic rings. The van der Waals surface area contributed by atoms with Crippen molar-refractivity contribution >= 4 is 28.4 Å². The van der Waals surface area contributed by atoms with Crippen molar-refractivity contribution in [1.29, 1.82) is 0 Å². The van der Waals surface area contributed by atoms with Gasteiger partial charge >= 0.3 is 0 Å². The van der Waals surface area contributed by atoms with Gasteiger partial charge in [-0.15, -0.1) is 0 Å². The van der Waals surface area contributed by atoms with Gasteiger partial charge in [0.25, 0.3) is 11.5 Å². The van der Waals surface area contributed by atoms with E-state index in [2.05, 4.69) is 0 Å². The van der Waals surface area contributed by atoms with Crippen LogP contribution in [0.25, 0.3) is 16.6 Å². The van der Waals surface area contributed by atoms with Crippen LogP contribution in [-0.4, -0.2) is 34.0 Å². The van der Waals surface area contributed by atoms with Crippen LogP contribution in [0, 0.1) is 0 Å². The summed E-state index contributed by atoms with van der Waals surface area (Å²) in [6.45, 7) is 0.917. The summed E-state index contributed by atoms with van der Waals surface area (Å²) in [4.78, 5) is 32.8. The summed E-state index contributed by atoms with van der Waals surface area (Å²) >= 11 is 6.25. The SMILES string of the molecule is COc1ccc(-n2c(CCN3Cc4cccc(Cl)c4C3=O)nc3ccccc3c2=O)cc1. The first-order valence-corrected chi connectivity index (χ1v) is 10.7. The summed E-state index contributed by atoms with van der Waals surface area (Å²) in [5.74, 6) is 1.20. The predicted octanol–water partition coefficient (Wildman–Crippen LogP) is 4.25. The van der Waals surface area contributed by atoms with Crippen molar-refractivity contribution in [2.75, 3.05) is 13.7 Å². The lowest BCUT2D eigenvalue weighted by molar-refractivity contribution is 0.0779. The molecule has 0 fully saturated rings. The molecule has 3 aromatic carbocycles. The van der Waals surface area contributed by atoms with E-state index in [1.807, 2.05) is 54.6 Å². The number of carbonyl (C=O) groups is 1. The molecule has 1 aromatic heterocycles. The molecule has 0 spiro atoms. The number of aromatic nitrogens is 2. The van der Waals surface area contributed by atoms with Crippen LogP contribution < -0.4 is 10.3 Å². The van der Waals surface area contributed by atoms with Crippen LogP contribution in [0.1, 0.15) is 21.7 Å². The number of nitrogens with zero attached hydrogens (tertiary/aromatic N) is 3. The Kier molecular flexibility index (Phi) is 5.15. The van der Waals surface area contributed by atoms with Crippen LogP contribution in [0.15, 0.2) is 71.5 Å². The maximum atomic E-state index is 13.4. The van der Waals surface area contributed by atoms with Crippen molar-refractivity contribution in [1.82, 2.24) is 14.5 Å². The summed E-state index contributed by atoms with van der Waals surface area (Å²) in [5, 5.41) is 1.01. The molecule has 2 heterocycles. The van der Waals surface area contributed by atoms with Crippen molar-refractivity contribution < 1.29 is 9.53 Å². The summed E-state index contributed by atoms with van der Waals surface area (Å²) in [7, 11) is 1.60. The van der Waals surface area contributed by atoms with Crippen LogP contribution >= 0.6 is 11.6 Å². The highest BCUT2D eigenvalue weighted by molar-refractivity contribution is 6.34. The fraction of sp³-hybridized carbons (Fsp3) is 0.160. The summed E-state index contributed by atoms with van der Waals surface area (Å²) < 4.78 is 6.86. The van der Waals surface area contributed by atoms with E-state index in [1.165, 1.54) is 0 Å². The second kappa shape index (κ2) is 8.13. The van der Waals surface area contributed by atoms with E-state index in [4.69, 9.17) is 21.3 Å².